The van der Waals surface area contributed by atoms with E-state index >= 15 is 0 Å². The second-order valence-corrected chi connectivity index (χ2v) is 5.73. The predicted molar refractivity (Wildman–Crippen MR) is 83.0 cm³/mol. The summed E-state index contributed by atoms with van der Waals surface area (Å²) < 4.78 is 0. The Hall–Kier alpha value is -2.20. The van der Waals surface area contributed by atoms with E-state index < -0.39 is 0 Å². The van der Waals surface area contributed by atoms with Gasteiger partial charge >= 0.3 is 0 Å². The van der Waals surface area contributed by atoms with E-state index in [1.54, 1.807) is 0 Å². The van der Waals surface area contributed by atoms with Gasteiger partial charge in [-0.05, 0) is 31.2 Å². The standard InChI is InChI=1S/C17H18N4/c1-2-4-16-13(3-1)5-6-15(19-16)12-21-10-8-14(11-21)17-7-9-18-20-17/h1-7,9,14H,8,10-12H2,(H,18,20)/t14-/m1/s1. The lowest BCUT2D eigenvalue weighted by atomic mass is 10.1. The van der Waals surface area contributed by atoms with Gasteiger partial charge in [-0.3, -0.25) is 15.0 Å². The zero-order chi connectivity index (χ0) is 14.1. The molecule has 3 aromatic rings. The van der Waals surface area contributed by atoms with E-state index in [0.29, 0.717) is 5.92 Å². The first-order valence-electron chi connectivity index (χ1n) is 7.45. The molecule has 1 aliphatic heterocycles. The quantitative estimate of drug-likeness (QED) is 0.801. The van der Waals surface area contributed by atoms with Crippen LogP contribution in [0, 0.1) is 0 Å². The number of fused-ring (bicyclic) bond motifs is 1. The van der Waals surface area contributed by atoms with Gasteiger partial charge in [0.2, 0.25) is 0 Å². The lowest BCUT2D eigenvalue weighted by molar-refractivity contribution is 0.322. The van der Waals surface area contributed by atoms with Gasteiger partial charge in [0, 0.05) is 36.3 Å². The van der Waals surface area contributed by atoms with Gasteiger partial charge in [0.15, 0.2) is 0 Å². The fourth-order valence-electron chi connectivity index (χ4n) is 3.15. The molecule has 1 aromatic carbocycles. The maximum absolute atomic E-state index is 4.76. The molecular weight excluding hydrogens is 260 g/mol. The number of nitrogens with one attached hydrogen (secondary N) is 1. The molecule has 0 radical (unpaired) electrons. The van der Waals surface area contributed by atoms with Crippen LogP contribution in [0.5, 0.6) is 0 Å². The third-order valence-electron chi connectivity index (χ3n) is 4.28. The predicted octanol–water partition coefficient (Wildman–Crippen LogP) is 2.95. The Kier molecular flexibility index (Phi) is 3.16. The van der Waals surface area contributed by atoms with Crippen LogP contribution in [0.2, 0.25) is 0 Å². The molecule has 106 valence electrons. The van der Waals surface area contributed by atoms with Gasteiger partial charge in [-0.1, -0.05) is 24.3 Å². The molecular formula is C17H18N4. The molecule has 21 heavy (non-hydrogen) atoms. The van der Waals surface area contributed by atoms with Gasteiger partial charge in [0.25, 0.3) is 0 Å². The SMILES string of the molecule is c1ccc2nc(CN3CC[C@@H](c4ccn[nH]4)C3)ccc2c1. The zero-order valence-corrected chi connectivity index (χ0v) is 11.9. The third-order valence-corrected chi connectivity index (χ3v) is 4.28. The smallest absolute Gasteiger partial charge is 0.0705 e. The lowest BCUT2D eigenvalue weighted by Crippen LogP contribution is -2.20. The maximum Gasteiger partial charge on any atom is 0.0705 e. The van der Waals surface area contributed by atoms with Gasteiger partial charge in [-0.15, -0.1) is 0 Å². The van der Waals surface area contributed by atoms with Crippen molar-refractivity contribution < 1.29 is 0 Å². The van der Waals surface area contributed by atoms with Crippen LogP contribution in [0.3, 0.4) is 0 Å². The Labute approximate surface area is 123 Å². The molecule has 1 N–H and O–H groups in total. The fourth-order valence-corrected chi connectivity index (χ4v) is 3.15. The maximum atomic E-state index is 4.76. The largest absolute Gasteiger partial charge is 0.297 e. The highest BCUT2D eigenvalue weighted by molar-refractivity contribution is 5.78. The normalized spacial score (nSPS) is 19.3. The molecule has 0 bridgehead atoms. The van der Waals surface area contributed by atoms with Gasteiger partial charge in [-0.25, -0.2) is 0 Å². The van der Waals surface area contributed by atoms with Crippen LogP contribution in [0.15, 0.2) is 48.7 Å². The minimum atomic E-state index is 0.577. The topological polar surface area (TPSA) is 44.8 Å². The number of aromatic nitrogens is 3. The fraction of sp³-hybridized carbons (Fsp3) is 0.294. The van der Waals surface area contributed by atoms with Crippen molar-refractivity contribution in [3.63, 3.8) is 0 Å². The summed E-state index contributed by atoms with van der Waals surface area (Å²) >= 11 is 0. The summed E-state index contributed by atoms with van der Waals surface area (Å²) in [6, 6.07) is 14.7. The van der Waals surface area contributed by atoms with Crippen molar-refractivity contribution >= 4 is 10.9 Å². The summed E-state index contributed by atoms with van der Waals surface area (Å²) in [6.45, 7) is 3.13. The van der Waals surface area contributed by atoms with Crippen LogP contribution in [0.25, 0.3) is 10.9 Å². The molecule has 2 aromatic heterocycles. The molecule has 1 saturated heterocycles. The molecule has 0 saturated carbocycles. The molecule has 4 nitrogen and oxygen atoms in total. The minimum Gasteiger partial charge on any atom is -0.297 e. The van der Waals surface area contributed by atoms with Gasteiger partial charge in [0.05, 0.1) is 11.2 Å². The number of hydrogen-bond acceptors (Lipinski definition) is 3. The Morgan fingerprint density at radius 2 is 2.10 bits per heavy atom. The summed E-state index contributed by atoms with van der Waals surface area (Å²) in [7, 11) is 0. The summed E-state index contributed by atoms with van der Waals surface area (Å²) in [6.07, 6.45) is 3.03. The van der Waals surface area contributed by atoms with Crippen LogP contribution in [-0.2, 0) is 6.54 Å². The van der Waals surface area contributed by atoms with Crippen LogP contribution in [-0.4, -0.2) is 33.2 Å². The average molecular weight is 278 g/mol. The average Bonchev–Trinajstić information content (AvgIpc) is 3.18. The van der Waals surface area contributed by atoms with E-state index in [1.807, 2.05) is 12.3 Å². The Morgan fingerprint density at radius 3 is 3.00 bits per heavy atom. The van der Waals surface area contributed by atoms with Crippen molar-refractivity contribution in [2.75, 3.05) is 13.1 Å². The zero-order valence-electron chi connectivity index (χ0n) is 11.9. The summed E-state index contributed by atoms with van der Waals surface area (Å²) in [5.74, 6) is 0.577. The number of rotatable bonds is 3. The molecule has 3 heterocycles. The second kappa shape index (κ2) is 5.30. The molecule has 1 fully saturated rings. The van der Waals surface area contributed by atoms with Crippen LogP contribution in [0.4, 0.5) is 0 Å². The molecule has 0 aliphatic carbocycles. The number of nitrogens with zero attached hydrogens (tertiary/aromatic N) is 3. The van der Waals surface area contributed by atoms with E-state index in [9.17, 15) is 0 Å². The highest BCUT2D eigenvalue weighted by Crippen LogP contribution is 2.26. The summed E-state index contributed by atoms with van der Waals surface area (Å²) in [5.41, 5.74) is 3.49. The molecule has 4 rings (SSSR count). The number of pyridine rings is 1. The minimum absolute atomic E-state index is 0.577. The Balaban J connectivity index is 1.48. The Morgan fingerprint density at radius 1 is 1.14 bits per heavy atom. The van der Waals surface area contributed by atoms with E-state index in [0.717, 1.165) is 30.8 Å². The molecule has 1 atom stereocenters. The first kappa shape index (κ1) is 12.5. The van der Waals surface area contributed by atoms with E-state index in [-0.39, 0.29) is 0 Å². The summed E-state index contributed by atoms with van der Waals surface area (Å²) in [4.78, 5) is 7.24. The first-order chi connectivity index (χ1) is 10.4. The van der Waals surface area contributed by atoms with Crippen molar-refractivity contribution in [3.8, 4) is 0 Å². The summed E-state index contributed by atoms with van der Waals surface area (Å²) in [5, 5.41) is 8.36. The van der Waals surface area contributed by atoms with Crippen molar-refractivity contribution in [2.45, 2.75) is 18.9 Å². The highest BCUT2D eigenvalue weighted by Gasteiger charge is 2.24. The van der Waals surface area contributed by atoms with E-state index in [2.05, 4.69) is 51.5 Å². The van der Waals surface area contributed by atoms with Crippen molar-refractivity contribution in [3.05, 3.63) is 60.0 Å². The molecule has 4 heteroatoms. The molecule has 1 aliphatic rings. The van der Waals surface area contributed by atoms with E-state index in [1.165, 1.54) is 17.5 Å². The monoisotopic (exact) mass is 278 g/mol. The van der Waals surface area contributed by atoms with E-state index in [4.69, 9.17) is 4.98 Å². The number of likely N-dealkylation sites (tertiary alicyclic amines) is 1. The Bertz CT molecular complexity index is 735. The highest BCUT2D eigenvalue weighted by atomic mass is 15.2. The van der Waals surface area contributed by atoms with Crippen LogP contribution >= 0.6 is 0 Å². The van der Waals surface area contributed by atoms with Gasteiger partial charge in [-0.2, -0.15) is 5.10 Å². The van der Waals surface area contributed by atoms with Crippen LogP contribution < -0.4 is 0 Å². The third kappa shape index (κ3) is 2.54. The van der Waals surface area contributed by atoms with Crippen LogP contribution in [0.1, 0.15) is 23.7 Å². The van der Waals surface area contributed by atoms with Crippen molar-refractivity contribution in [1.82, 2.24) is 20.1 Å². The molecule has 0 amide bonds. The number of para-hydroxylation sites is 1. The number of H-pyrrole nitrogens is 1. The van der Waals surface area contributed by atoms with Gasteiger partial charge in [0.1, 0.15) is 0 Å². The second-order valence-electron chi connectivity index (χ2n) is 5.73. The number of aromatic amines is 1. The van der Waals surface area contributed by atoms with Crippen molar-refractivity contribution in [2.24, 2.45) is 0 Å². The number of benzene rings is 1. The number of hydrogen-bond donors (Lipinski definition) is 1. The first-order valence-corrected chi connectivity index (χ1v) is 7.45. The molecule has 0 unspecified atom stereocenters. The van der Waals surface area contributed by atoms with Gasteiger partial charge < -0.3 is 0 Å². The molecule has 0 spiro atoms. The van der Waals surface area contributed by atoms with Crippen molar-refractivity contribution in [1.29, 1.82) is 0 Å². The lowest BCUT2D eigenvalue weighted by Gasteiger charge is -2.15.